The maximum atomic E-state index is 10.3. The van der Waals surface area contributed by atoms with Crippen molar-refractivity contribution in [2.24, 2.45) is 5.92 Å². The molecule has 1 aromatic rings. The van der Waals surface area contributed by atoms with E-state index >= 15 is 0 Å². The van der Waals surface area contributed by atoms with Gasteiger partial charge in [0.2, 0.25) is 0 Å². The fraction of sp³-hybridized carbons (Fsp3) is 0.500. The standard InChI is InChI=1S/C12H14Br2O2/c13-9-3-4-11(14)10(6-9)12(15)8-2-1-5-16-7-8/h3-4,6,8,12,15H,1-2,5,7H2. The van der Waals surface area contributed by atoms with Crippen molar-refractivity contribution < 1.29 is 9.84 Å². The van der Waals surface area contributed by atoms with Gasteiger partial charge in [-0.25, -0.2) is 0 Å². The average molecular weight is 350 g/mol. The summed E-state index contributed by atoms with van der Waals surface area (Å²) >= 11 is 6.90. The minimum atomic E-state index is -0.452. The molecule has 0 bridgehead atoms. The van der Waals surface area contributed by atoms with Crippen molar-refractivity contribution in [2.75, 3.05) is 13.2 Å². The Morgan fingerprint density at radius 3 is 2.88 bits per heavy atom. The van der Waals surface area contributed by atoms with Gasteiger partial charge < -0.3 is 9.84 Å². The number of benzene rings is 1. The molecule has 0 radical (unpaired) electrons. The third-order valence-electron chi connectivity index (χ3n) is 2.92. The van der Waals surface area contributed by atoms with Crippen LogP contribution in [-0.4, -0.2) is 18.3 Å². The first-order valence-corrected chi connectivity index (χ1v) is 6.98. The van der Waals surface area contributed by atoms with Crippen LogP contribution in [0.3, 0.4) is 0 Å². The molecule has 4 heteroatoms. The summed E-state index contributed by atoms with van der Waals surface area (Å²) < 4.78 is 7.35. The Labute approximate surface area is 112 Å². The molecule has 2 unspecified atom stereocenters. The van der Waals surface area contributed by atoms with Crippen LogP contribution in [0.25, 0.3) is 0 Å². The maximum absolute atomic E-state index is 10.3. The lowest BCUT2D eigenvalue weighted by molar-refractivity contribution is -0.0102. The lowest BCUT2D eigenvalue weighted by Crippen LogP contribution is -2.23. The van der Waals surface area contributed by atoms with Gasteiger partial charge in [-0.05, 0) is 36.6 Å². The van der Waals surface area contributed by atoms with E-state index < -0.39 is 6.10 Å². The highest BCUT2D eigenvalue weighted by molar-refractivity contribution is 9.11. The van der Waals surface area contributed by atoms with Gasteiger partial charge >= 0.3 is 0 Å². The number of aliphatic hydroxyl groups is 1. The van der Waals surface area contributed by atoms with E-state index in [4.69, 9.17) is 4.74 Å². The van der Waals surface area contributed by atoms with Crippen LogP contribution < -0.4 is 0 Å². The molecule has 0 saturated carbocycles. The zero-order chi connectivity index (χ0) is 11.5. The predicted octanol–water partition coefficient (Wildman–Crippen LogP) is 3.67. The smallest absolute Gasteiger partial charge is 0.0851 e. The van der Waals surface area contributed by atoms with Gasteiger partial charge in [-0.1, -0.05) is 31.9 Å². The third-order valence-corrected chi connectivity index (χ3v) is 4.13. The Kier molecular flexibility index (Phi) is 4.41. The average Bonchev–Trinajstić information content (AvgIpc) is 2.32. The molecular weight excluding hydrogens is 336 g/mol. The van der Waals surface area contributed by atoms with Gasteiger partial charge in [0.1, 0.15) is 0 Å². The molecule has 1 aliphatic heterocycles. The van der Waals surface area contributed by atoms with Gasteiger partial charge in [-0.15, -0.1) is 0 Å². The van der Waals surface area contributed by atoms with Crippen molar-refractivity contribution in [1.29, 1.82) is 0 Å². The highest BCUT2D eigenvalue weighted by Crippen LogP contribution is 2.34. The third kappa shape index (κ3) is 2.86. The van der Waals surface area contributed by atoms with Crippen LogP contribution in [0.1, 0.15) is 24.5 Å². The van der Waals surface area contributed by atoms with Gasteiger partial charge in [-0.3, -0.25) is 0 Å². The van der Waals surface area contributed by atoms with Crippen molar-refractivity contribution in [2.45, 2.75) is 18.9 Å². The van der Waals surface area contributed by atoms with E-state index in [1.54, 1.807) is 0 Å². The predicted molar refractivity (Wildman–Crippen MR) is 70.3 cm³/mol. The molecule has 0 aromatic heterocycles. The highest BCUT2D eigenvalue weighted by atomic mass is 79.9. The van der Waals surface area contributed by atoms with Crippen LogP contribution in [0.2, 0.25) is 0 Å². The zero-order valence-electron chi connectivity index (χ0n) is 8.83. The number of ether oxygens (including phenoxy) is 1. The van der Waals surface area contributed by atoms with Crippen molar-refractivity contribution in [3.05, 3.63) is 32.7 Å². The highest BCUT2D eigenvalue weighted by Gasteiger charge is 2.25. The second-order valence-corrected chi connectivity index (χ2v) is 5.86. The lowest BCUT2D eigenvalue weighted by Gasteiger charge is -2.27. The van der Waals surface area contributed by atoms with E-state index in [1.807, 2.05) is 18.2 Å². The molecule has 0 spiro atoms. The SMILES string of the molecule is OC(c1cc(Br)ccc1Br)C1CCCOC1. The minimum Gasteiger partial charge on any atom is -0.388 e. The van der Waals surface area contributed by atoms with Gasteiger partial charge in [0, 0.05) is 21.5 Å². The molecule has 1 saturated heterocycles. The van der Waals surface area contributed by atoms with E-state index in [0.29, 0.717) is 6.61 Å². The van der Waals surface area contributed by atoms with Crippen molar-refractivity contribution >= 4 is 31.9 Å². The number of rotatable bonds is 2. The molecule has 2 atom stereocenters. The van der Waals surface area contributed by atoms with E-state index in [2.05, 4.69) is 31.9 Å². The largest absolute Gasteiger partial charge is 0.388 e. The molecule has 2 rings (SSSR count). The Hall–Kier alpha value is 0.1000. The molecule has 0 aliphatic carbocycles. The molecule has 1 aromatic carbocycles. The summed E-state index contributed by atoms with van der Waals surface area (Å²) in [5, 5.41) is 10.3. The van der Waals surface area contributed by atoms with Crippen LogP contribution in [0.15, 0.2) is 27.1 Å². The summed E-state index contributed by atoms with van der Waals surface area (Å²) in [6.45, 7) is 1.48. The molecule has 1 N–H and O–H groups in total. The molecular formula is C12H14Br2O2. The van der Waals surface area contributed by atoms with Gasteiger partial charge in [-0.2, -0.15) is 0 Å². The Morgan fingerprint density at radius 2 is 2.19 bits per heavy atom. The summed E-state index contributed by atoms with van der Waals surface area (Å²) in [6, 6.07) is 5.87. The Bertz CT molecular complexity index is 362. The van der Waals surface area contributed by atoms with Gasteiger partial charge in [0.15, 0.2) is 0 Å². The summed E-state index contributed by atoms with van der Waals surface area (Å²) in [6.07, 6.45) is 1.61. The molecule has 2 nitrogen and oxygen atoms in total. The van der Waals surface area contributed by atoms with E-state index in [9.17, 15) is 5.11 Å². The quantitative estimate of drug-likeness (QED) is 0.882. The summed E-state index contributed by atoms with van der Waals surface area (Å²) in [4.78, 5) is 0. The molecule has 0 amide bonds. The summed E-state index contributed by atoms with van der Waals surface area (Å²) in [5.41, 5.74) is 0.935. The molecule has 88 valence electrons. The zero-order valence-corrected chi connectivity index (χ0v) is 12.0. The number of aliphatic hydroxyl groups excluding tert-OH is 1. The van der Waals surface area contributed by atoms with E-state index in [0.717, 1.165) is 34.0 Å². The van der Waals surface area contributed by atoms with Crippen LogP contribution in [0, 0.1) is 5.92 Å². The number of hydrogen-bond donors (Lipinski definition) is 1. The lowest BCUT2D eigenvalue weighted by atomic mass is 9.91. The number of halogens is 2. The topological polar surface area (TPSA) is 29.5 Å². The summed E-state index contributed by atoms with van der Waals surface area (Å²) in [5.74, 6) is 0.208. The van der Waals surface area contributed by atoms with Crippen LogP contribution >= 0.6 is 31.9 Å². The number of hydrogen-bond acceptors (Lipinski definition) is 2. The van der Waals surface area contributed by atoms with E-state index in [-0.39, 0.29) is 5.92 Å². The second kappa shape index (κ2) is 5.63. The maximum Gasteiger partial charge on any atom is 0.0851 e. The Morgan fingerprint density at radius 1 is 1.38 bits per heavy atom. The Balaban J connectivity index is 2.18. The summed E-state index contributed by atoms with van der Waals surface area (Å²) in [7, 11) is 0. The van der Waals surface area contributed by atoms with Crippen LogP contribution in [0.5, 0.6) is 0 Å². The molecule has 1 heterocycles. The first kappa shape index (κ1) is 12.6. The fourth-order valence-corrected chi connectivity index (χ4v) is 2.87. The van der Waals surface area contributed by atoms with Crippen LogP contribution in [0.4, 0.5) is 0 Å². The molecule has 1 aliphatic rings. The molecule has 1 fully saturated rings. The van der Waals surface area contributed by atoms with E-state index in [1.165, 1.54) is 0 Å². The van der Waals surface area contributed by atoms with Crippen molar-refractivity contribution in [3.63, 3.8) is 0 Å². The van der Waals surface area contributed by atoms with Crippen LogP contribution in [-0.2, 0) is 4.74 Å². The first-order valence-electron chi connectivity index (χ1n) is 5.39. The van der Waals surface area contributed by atoms with Crippen molar-refractivity contribution in [1.82, 2.24) is 0 Å². The van der Waals surface area contributed by atoms with Gasteiger partial charge in [0.05, 0.1) is 12.7 Å². The fourth-order valence-electron chi connectivity index (χ4n) is 2.01. The van der Waals surface area contributed by atoms with Crippen molar-refractivity contribution in [3.8, 4) is 0 Å². The normalized spacial score (nSPS) is 23.1. The second-order valence-electron chi connectivity index (χ2n) is 4.09. The monoisotopic (exact) mass is 348 g/mol. The first-order chi connectivity index (χ1) is 7.68. The van der Waals surface area contributed by atoms with Gasteiger partial charge in [0.25, 0.3) is 0 Å². The minimum absolute atomic E-state index is 0.208. The molecule has 16 heavy (non-hydrogen) atoms.